The van der Waals surface area contributed by atoms with Crippen LogP contribution < -0.4 is 5.73 Å². The smallest absolute Gasteiger partial charge is 0.243 e. The van der Waals surface area contributed by atoms with Crippen molar-refractivity contribution in [2.24, 2.45) is 5.73 Å². The highest BCUT2D eigenvalue weighted by molar-refractivity contribution is 7.89. The van der Waals surface area contributed by atoms with E-state index in [-0.39, 0.29) is 9.88 Å². The molecule has 0 saturated carbocycles. The van der Waals surface area contributed by atoms with Gasteiger partial charge in [-0.05, 0) is 39.1 Å². The Morgan fingerprint density at radius 3 is 2.48 bits per heavy atom. The molecule has 0 aromatic heterocycles. The number of nitrogens with two attached hydrogens (primary N) is 1. The fourth-order valence-electron chi connectivity index (χ4n) is 2.56. The third-order valence-electron chi connectivity index (χ3n) is 3.91. The van der Waals surface area contributed by atoms with E-state index in [0.717, 1.165) is 12.8 Å². The summed E-state index contributed by atoms with van der Waals surface area (Å²) < 4.78 is 26.9. The van der Waals surface area contributed by atoms with Crippen LogP contribution in [0.1, 0.15) is 18.4 Å². The molecule has 7 heteroatoms. The van der Waals surface area contributed by atoms with Gasteiger partial charge in [-0.1, -0.05) is 24.4 Å². The highest BCUT2D eigenvalue weighted by Crippen LogP contribution is 2.22. The molecule has 2 rings (SSSR count). The average molecular weight is 327 g/mol. The van der Waals surface area contributed by atoms with Crippen LogP contribution in [0.25, 0.3) is 0 Å². The summed E-state index contributed by atoms with van der Waals surface area (Å²) in [4.78, 5) is 2.62. The lowest BCUT2D eigenvalue weighted by atomic mass is 10.1. The molecular formula is C14H21N3O2S2. The molecule has 0 aliphatic carbocycles. The highest BCUT2D eigenvalue weighted by atomic mass is 32.2. The molecule has 0 atom stereocenters. The molecule has 1 heterocycles. The van der Waals surface area contributed by atoms with Gasteiger partial charge in [0.1, 0.15) is 4.99 Å². The SMILES string of the molecule is CN(C)C1CCN(S(=O)(=O)c2cccc(C(N)=S)c2)CC1. The van der Waals surface area contributed by atoms with E-state index in [1.165, 1.54) is 0 Å². The van der Waals surface area contributed by atoms with Gasteiger partial charge in [0.05, 0.1) is 4.90 Å². The summed E-state index contributed by atoms with van der Waals surface area (Å²) in [6.45, 7) is 1.09. The van der Waals surface area contributed by atoms with Crippen molar-refractivity contribution in [1.82, 2.24) is 9.21 Å². The van der Waals surface area contributed by atoms with Gasteiger partial charge in [-0.25, -0.2) is 8.42 Å². The normalized spacial score (nSPS) is 18.0. The molecule has 1 aromatic rings. The average Bonchev–Trinajstić information content (AvgIpc) is 2.47. The largest absolute Gasteiger partial charge is 0.389 e. The summed E-state index contributed by atoms with van der Waals surface area (Å²) >= 11 is 4.91. The van der Waals surface area contributed by atoms with Gasteiger partial charge in [0.15, 0.2) is 0 Å². The molecule has 1 aliphatic heterocycles. The van der Waals surface area contributed by atoms with Gasteiger partial charge >= 0.3 is 0 Å². The zero-order valence-corrected chi connectivity index (χ0v) is 14.0. The van der Waals surface area contributed by atoms with Crippen molar-refractivity contribution in [3.05, 3.63) is 29.8 Å². The van der Waals surface area contributed by atoms with E-state index in [1.54, 1.807) is 28.6 Å². The predicted molar refractivity (Wildman–Crippen MR) is 87.8 cm³/mol. The third-order valence-corrected chi connectivity index (χ3v) is 6.04. The second kappa shape index (κ2) is 6.39. The van der Waals surface area contributed by atoms with Crippen molar-refractivity contribution < 1.29 is 8.42 Å². The Morgan fingerprint density at radius 2 is 1.95 bits per heavy atom. The molecular weight excluding hydrogens is 306 g/mol. The first-order chi connectivity index (χ1) is 9.82. The van der Waals surface area contributed by atoms with Gasteiger partial charge in [-0.15, -0.1) is 0 Å². The second-order valence-corrected chi connectivity index (χ2v) is 7.87. The minimum atomic E-state index is -3.47. The Labute approximate surface area is 131 Å². The molecule has 0 amide bonds. The summed E-state index contributed by atoms with van der Waals surface area (Å²) in [6.07, 6.45) is 1.70. The maximum Gasteiger partial charge on any atom is 0.243 e. The first kappa shape index (κ1) is 16.4. The van der Waals surface area contributed by atoms with E-state index in [4.69, 9.17) is 18.0 Å². The van der Waals surface area contributed by atoms with Crippen LogP contribution in [-0.4, -0.2) is 55.8 Å². The highest BCUT2D eigenvalue weighted by Gasteiger charge is 2.30. The molecule has 0 spiro atoms. The number of sulfonamides is 1. The molecule has 0 bridgehead atoms. The topological polar surface area (TPSA) is 66.6 Å². The van der Waals surface area contributed by atoms with E-state index in [2.05, 4.69) is 4.90 Å². The lowest BCUT2D eigenvalue weighted by Crippen LogP contribution is -2.44. The standard InChI is InChI=1S/C14H21N3O2S2/c1-16(2)12-6-8-17(9-7-12)21(18,19)13-5-3-4-11(10-13)14(15)20/h3-5,10,12H,6-9H2,1-2H3,(H2,15,20). The number of nitrogens with zero attached hydrogens (tertiary/aromatic N) is 2. The zero-order chi connectivity index (χ0) is 15.6. The molecule has 116 valence electrons. The first-order valence-electron chi connectivity index (χ1n) is 6.89. The van der Waals surface area contributed by atoms with Crippen molar-refractivity contribution in [2.45, 2.75) is 23.8 Å². The Hall–Kier alpha value is -1.02. The van der Waals surface area contributed by atoms with Gasteiger partial charge in [-0.2, -0.15) is 4.31 Å². The summed E-state index contributed by atoms with van der Waals surface area (Å²) in [6, 6.07) is 6.98. The van der Waals surface area contributed by atoms with Gasteiger partial charge in [0.2, 0.25) is 10.0 Å². The fourth-order valence-corrected chi connectivity index (χ4v) is 4.20. The van der Waals surface area contributed by atoms with Crippen LogP contribution in [0.2, 0.25) is 0 Å². The first-order valence-corrected chi connectivity index (χ1v) is 8.73. The molecule has 5 nitrogen and oxygen atoms in total. The van der Waals surface area contributed by atoms with E-state index in [1.807, 2.05) is 14.1 Å². The number of thiocarbonyl (C=S) groups is 1. The monoisotopic (exact) mass is 327 g/mol. The van der Waals surface area contributed by atoms with Gasteiger partial charge in [0, 0.05) is 24.7 Å². The number of hydrogen-bond donors (Lipinski definition) is 1. The lowest BCUT2D eigenvalue weighted by molar-refractivity contribution is 0.196. The van der Waals surface area contributed by atoms with Crippen LogP contribution in [0.5, 0.6) is 0 Å². The third kappa shape index (κ3) is 3.60. The fraction of sp³-hybridized carbons (Fsp3) is 0.500. The van der Waals surface area contributed by atoms with E-state index in [0.29, 0.717) is 24.7 Å². The molecule has 1 saturated heterocycles. The number of piperidine rings is 1. The molecule has 1 aliphatic rings. The van der Waals surface area contributed by atoms with Crippen molar-refractivity contribution >= 4 is 27.2 Å². The number of hydrogen-bond acceptors (Lipinski definition) is 4. The van der Waals surface area contributed by atoms with Gasteiger partial charge < -0.3 is 10.6 Å². The van der Waals surface area contributed by atoms with Crippen LogP contribution >= 0.6 is 12.2 Å². The summed E-state index contributed by atoms with van der Waals surface area (Å²) in [5, 5.41) is 0. The van der Waals surface area contributed by atoms with Crippen molar-refractivity contribution in [3.63, 3.8) is 0 Å². The zero-order valence-electron chi connectivity index (χ0n) is 12.3. The van der Waals surface area contributed by atoms with Crippen molar-refractivity contribution in [1.29, 1.82) is 0 Å². The Kier molecular flexibility index (Phi) is 4.98. The summed E-state index contributed by atoms with van der Waals surface area (Å²) in [5.41, 5.74) is 6.15. The maximum absolute atomic E-state index is 12.7. The molecule has 0 unspecified atom stereocenters. The molecule has 1 aromatic carbocycles. The molecule has 2 N–H and O–H groups in total. The number of rotatable bonds is 4. The minimum Gasteiger partial charge on any atom is -0.389 e. The molecule has 1 fully saturated rings. The van der Waals surface area contributed by atoms with Crippen molar-refractivity contribution in [2.75, 3.05) is 27.2 Å². The second-order valence-electron chi connectivity index (χ2n) is 5.49. The summed E-state index contributed by atoms with van der Waals surface area (Å²) in [7, 11) is 0.589. The minimum absolute atomic E-state index is 0.207. The van der Waals surface area contributed by atoms with Crippen LogP contribution in [0.15, 0.2) is 29.2 Å². The Balaban J connectivity index is 2.19. The van der Waals surface area contributed by atoms with Crippen LogP contribution in [0.4, 0.5) is 0 Å². The maximum atomic E-state index is 12.7. The van der Waals surface area contributed by atoms with E-state index in [9.17, 15) is 8.42 Å². The van der Waals surface area contributed by atoms with E-state index < -0.39 is 10.0 Å². The van der Waals surface area contributed by atoms with Gasteiger partial charge in [-0.3, -0.25) is 0 Å². The Bertz CT molecular complexity index is 621. The van der Waals surface area contributed by atoms with Crippen LogP contribution in [0.3, 0.4) is 0 Å². The number of benzene rings is 1. The lowest BCUT2D eigenvalue weighted by Gasteiger charge is -2.34. The van der Waals surface area contributed by atoms with E-state index >= 15 is 0 Å². The molecule has 0 radical (unpaired) electrons. The van der Waals surface area contributed by atoms with Gasteiger partial charge in [0.25, 0.3) is 0 Å². The quantitative estimate of drug-likeness (QED) is 0.837. The summed E-state index contributed by atoms with van der Waals surface area (Å²) in [5.74, 6) is 0. The van der Waals surface area contributed by atoms with Crippen molar-refractivity contribution in [3.8, 4) is 0 Å². The van der Waals surface area contributed by atoms with Crippen LogP contribution in [0, 0.1) is 0 Å². The Morgan fingerprint density at radius 1 is 1.33 bits per heavy atom. The van der Waals surface area contributed by atoms with Crippen LogP contribution in [-0.2, 0) is 10.0 Å². The predicted octanol–water partition coefficient (Wildman–Crippen LogP) is 1.04. The molecule has 21 heavy (non-hydrogen) atoms.